The second-order valence-electron chi connectivity index (χ2n) is 7.74. The van der Waals surface area contributed by atoms with Crippen LogP contribution in [0.3, 0.4) is 0 Å². The van der Waals surface area contributed by atoms with Crippen molar-refractivity contribution in [1.82, 2.24) is 4.98 Å². The molecule has 0 aliphatic heterocycles. The second-order valence-corrected chi connectivity index (χ2v) is 7.74. The van der Waals surface area contributed by atoms with Gasteiger partial charge in [0.2, 0.25) is 5.71 Å². The lowest BCUT2D eigenvalue weighted by molar-refractivity contribution is 0.306. The summed E-state index contributed by atoms with van der Waals surface area (Å²) in [7, 11) is 0. The van der Waals surface area contributed by atoms with Crippen LogP contribution in [-0.4, -0.2) is 10.1 Å². The molecule has 0 atom stereocenters. The molecule has 4 nitrogen and oxygen atoms in total. The second kappa shape index (κ2) is 7.43. The van der Waals surface area contributed by atoms with E-state index in [-0.39, 0.29) is 5.75 Å². The molecule has 0 fully saturated rings. The van der Waals surface area contributed by atoms with Gasteiger partial charge in [0.1, 0.15) is 23.7 Å². The molecule has 0 radical (unpaired) electrons. The number of phenolic OH excluding ortho intramolecular Hbond substituents is 1. The summed E-state index contributed by atoms with van der Waals surface area (Å²) in [4.78, 5) is 4.58. The lowest BCUT2D eigenvalue weighted by atomic mass is 9.98. The Bertz CT molecular complexity index is 1570. The van der Waals surface area contributed by atoms with Crippen LogP contribution < -0.4 is 4.74 Å². The van der Waals surface area contributed by atoms with Gasteiger partial charge >= 0.3 is 0 Å². The van der Waals surface area contributed by atoms with Crippen LogP contribution in [0, 0.1) is 0 Å². The van der Waals surface area contributed by atoms with E-state index in [2.05, 4.69) is 4.98 Å². The van der Waals surface area contributed by atoms with Gasteiger partial charge < -0.3 is 14.3 Å². The zero-order valence-corrected chi connectivity index (χ0v) is 17.2. The van der Waals surface area contributed by atoms with Gasteiger partial charge in [-0.2, -0.15) is 0 Å². The van der Waals surface area contributed by atoms with E-state index in [1.54, 1.807) is 12.3 Å². The molecule has 0 aliphatic carbocycles. The van der Waals surface area contributed by atoms with Crippen molar-refractivity contribution in [2.24, 2.45) is 0 Å². The number of fused-ring (bicyclic) bond motifs is 5. The average molecular weight is 417 g/mol. The largest absolute Gasteiger partial charge is 0.507 e. The van der Waals surface area contributed by atoms with E-state index >= 15 is 0 Å². The van der Waals surface area contributed by atoms with Crippen molar-refractivity contribution in [1.29, 1.82) is 0 Å². The fourth-order valence-electron chi connectivity index (χ4n) is 4.26. The van der Waals surface area contributed by atoms with Gasteiger partial charge in [0.15, 0.2) is 0 Å². The van der Waals surface area contributed by atoms with Crippen LogP contribution in [0.1, 0.15) is 5.56 Å². The highest BCUT2D eigenvalue weighted by atomic mass is 16.5. The molecule has 154 valence electrons. The van der Waals surface area contributed by atoms with E-state index in [1.807, 2.05) is 84.9 Å². The van der Waals surface area contributed by atoms with Crippen LogP contribution >= 0.6 is 0 Å². The number of ether oxygens (including phenoxy) is 1. The molecule has 2 heterocycles. The summed E-state index contributed by atoms with van der Waals surface area (Å²) in [5.41, 5.74) is 4.20. The fourth-order valence-corrected chi connectivity index (χ4v) is 4.26. The highest BCUT2D eigenvalue weighted by Gasteiger charge is 2.21. The molecule has 0 aliphatic rings. The number of furan rings is 1. The molecule has 6 aromatic rings. The van der Waals surface area contributed by atoms with Crippen molar-refractivity contribution in [2.45, 2.75) is 6.61 Å². The molecule has 4 aromatic carbocycles. The summed E-state index contributed by atoms with van der Waals surface area (Å²) < 4.78 is 12.5. The number of aromatic hydroxyl groups is 1. The van der Waals surface area contributed by atoms with Crippen molar-refractivity contribution >= 4 is 32.8 Å². The highest BCUT2D eigenvalue weighted by Crippen LogP contribution is 2.44. The first kappa shape index (κ1) is 18.5. The maximum atomic E-state index is 10.7. The minimum Gasteiger partial charge on any atom is -0.507 e. The van der Waals surface area contributed by atoms with Crippen LogP contribution in [0.2, 0.25) is 0 Å². The van der Waals surface area contributed by atoms with E-state index in [1.165, 1.54) is 0 Å². The van der Waals surface area contributed by atoms with Gasteiger partial charge in [-0.1, -0.05) is 84.9 Å². The third kappa shape index (κ3) is 2.96. The van der Waals surface area contributed by atoms with Gasteiger partial charge in [0.25, 0.3) is 0 Å². The molecule has 0 saturated carbocycles. The van der Waals surface area contributed by atoms with Crippen molar-refractivity contribution in [3.8, 4) is 22.6 Å². The Hall–Kier alpha value is -4.31. The van der Waals surface area contributed by atoms with Gasteiger partial charge in [-0.15, -0.1) is 0 Å². The van der Waals surface area contributed by atoms with Crippen molar-refractivity contribution in [3.05, 3.63) is 103 Å². The minimum absolute atomic E-state index is 0.213. The summed E-state index contributed by atoms with van der Waals surface area (Å²) in [6.07, 6.45) is 1.72. The third-order valence-electron chi connectivity index (χ3n) is 5.75. The molecule has 1 N–H and O–H groups in total. The number of benzene rings is 4. The number of hydrogen-bond donors (Lipinski definition) is 1. The molecule has 0 saturated heterocycles. The summed E-state index contributed by atoms with van der Waals surface area (Å²) in [6, 6.07) is 29.6. The molecule has 0 unspecified atom stereocenters. The molecule has 0 bridgehead atoms. The van der Waals surface area contributed by atoms with Gasteiger partial charge in [0, 0.05) is 21.7 Å². The van der Waals surface area contributed by atoms with Crippen LogP contribution in [0.4, 0.5) is 0 Å². The maximum Gasteiger partial charge on any atom is 0.228 e. The monoisotopic (exact) mass is 417 g/mol. The minimum atomic E-state index is 0.213. The van der Waals surface area contributed by atoms with Gasteiger partial charge in [-0.3, -0.25) is 0 Å². The van der Waals surface area contributed by atoms with Crippen molar-refractivity contribution in [3.63, 3.8) is 0 Å². The third-order valence-corrected chi connectivity index (χ3v) is 5.75. The summed E-state index contributed by atoms with van der Waals surface area (Å²) in [6.45, 7) is 0.428. The zero-order valence-electron chi connectivity index (χ0n) is 17.2. The lowest BCUT2D eigenvalue weighted by Gasteiger charge is -2.13. The smallest absolute Gasteiger partial charge is 0.228 e. The SMILES string of the molecule is Oc1cc2c(oc3ncc(OCc4ccccc4)c(-c4ccccc4)c32)c2ccccc12. The summed E-state index contributed by atoms with van der Waals surface area (Å²) in [5, 5.41) is 14.0. The Labute approximate surface area is 184 Å². The Balaban J connectivity index is 1.64. The predicted octanol–water partition coefficient (Wildman–Crippen LogP) is 7.09. The van der Waals surface area contributed by atoms with Crippen molar-refractivity contribution in [2.75, 3.05) is 0 Å². The van der Waals surface area contributed by atoms with E-state index in [9.17, 15) is 5.11 Å². The highest BCUT2D eigenvalue weighted by molar-refractivity contribution is 6.20. The summed E-state index contributed by atoms with van der Waals surface area (Å²) in [5.74, 6) is 0.883. The average Bonchev–Trinajstić information content (AvgIpc) is 3.22. The Morgan fingerprint density at radius 1 is 0.781 bits per heavy atom. The molecule has 4 heteroatoms. The number of pyridine rings is 1. The lowest BCUT2D eigenvalue weighted by Crippen LogP contribution is -1.98. The normalized spacial score (nSPS) is 11.4. The Morgan fingerprint density at radius 2 is 1.47 bits per heavy atom. The standard InChI is InChI=1S/C28H19NO3/c30-23-15-22-26-25(19-11-5-2-6-12-19)24(31-17-18-9-3-1-4-10-18)16-29-28(26)32-27(22)21-14-8-7-13-20(21)23/h1-16,30H,17H2. The summed E-state index contributed by atoms with van der Waals surface area (Å²) >= 11 is 0. The zero-order chi connectivity index (χ0) is 21.5. The Morgan fingerprint density at radius 3 is 2.25 bits per heavy atom. The molecule has 6 rings (SSSR count). The first-order chi connectivity index (χ1) is 15.8. The van der Waals surface area contributed by atoms with E-state index in [4.69, 9.17) is 9.15 Å². The Kier molecular flexibility index (Phi) is 4.29. The first-order valence-electron chi connectivity index (χ1n) is 10.5. The predicted molar refractivity (Wildman–Crippen MR) is 127 cm³/mol. The van der Waals surface area contributed by atoms with E-state index in [0.717, 1.165) is 38.2 Å². The molecular weight excluding hydrogens is 398 g/mol. The molecule has 32 heavy (non-hydrogen) atoms. The number of rotatable bonds is 4. The van der Waals surface area contributed by atoms with Gasteiger partial charge in [0.05, 0.1) is 11.6 Å². The number of hydrogen-bond acceptors (Lipinski definition) is 4. The van der Waals surface area contributed by atoms with Gasteiger partial charge in [-0.25, -0.2) is 4.98 Å². The molecule has 2 aromatic heterocycles. The van der Waals surface area contributed by atoms with Crippen LogP contribution in [-0.2, 0) is 6.61 Å². The maximum absolute atomic E-state index is 10.7. The van der Waals surface area contributed by atoms with Crippen molar-refractivity contribution < 1.29 is 14.3 Å². The molecule has 0 amide bonds. The van der Waals surface area contributed by atoms with Crippen LogP contribution in [0.5, 0.6) is 11.5 Å². The van der Waals surface area contributed by atoms with E-state index in [0.29, 0.717) is 23.7 Å². The van der Waals surface area contributed by atoms with Crippen LogP contribution in [0.25, 0.3) is 44.0 Å². The number of aromatic nitrogens is 1. The first-order valence-corrected chi connectivity index (χ1v) is 10.5. The fraction of sp³-hybridized carbons (Fsp3) is 0.0357. The topological polar surface area (TPSA) is 55.5 Å². The molecule has 0 spiro atoms. The van der Waals surface area contributed by atoms with E-state index < -0.39 is 0 Å². The number of nitrogens with zero attached hydrogens (tertiary/aromatic N) is 1. The quantitative estimate of drug-likeness (QED) is 0.333. The molecular formula is C28H19NO3. The van der Waals surface area contributed by atoms with Gasteiger partial charge in [-0.05, 0) is 17.2 Å². The van der Waals surface area contributed by atoms with Crippen LogP contribution in [0.15, 0.2) is 102 Å². The number of phenols is 1.